The number of allylic oxidation sites excluding steroid dienone is 7. The van der Waals surface area contributed by atoms with Crippen LogP contribution in [0.4, 0.5) is 0 Å². The molecule has 216 valence electrons. The maximum atomic E-state index is 4.54. The molecule has 0 amide bonds. The van der Waals surface area contributed by atoms with Crippen LogP contribution in [0.1, 0.15) is 77.2 Å². The van der Waals surface area contributed by atoms with Crippen molar-refractivity contribution in [2.75, 3.05) is 40.3 Å². The summed E-state index contributed by atoms with van der Waals surface area (Å²) < 4.78 is 0. The van der Waals surface area contributed by atoms with Crippen LogP contribution in [0.3, 0.4) is 0 Å². The first-order valence-corrected chi connectivity index (χ1v) is 16.3. The lowest BCUT2D eigenvalue weighted by Gasteiger charge is -2.58. The summed E-state index contributed by atoms with van der Waals surface area (Å²) in [4.78, 5) is 9.38. The second kappa shape index (κ2) is 11.4. The molecule has 0 N–H and O–H groups in total. The van der Waals surface area contributed by atoms with E-state index in [0.717, 1.165) is 24.3 Å². The highest BCUT2D eigenvalue weighted by atomic mass is 15.2. The fraction of sp³-hybridized carbons (Fsp3) is 0.649. The van der Waals surface area contributed by atoms with Gasteiger partial charge in [-0.15, -0.1) is 0 Å². The Hall–Kier alpha value is -1.97. The highest BCUT2D eigenvalue weighted by molar-refractivity contribution is 5.72. The summed E-state index contributed by atoms with van der Waals surface area (Å²) in [6.45, 7) is 14.6. The molecule has 0 aromatic carbocycles. The van der Waals surface area contributed by atoms with Crippen LogP contribution in [-0.4, -0.2) is 55.1 Å². The van der Waals surface area contributed by atoms with E-state index in [0.29, 0.717) is 22.7 Å². The lowest BCUT2D eigenvalue weighted by molar-refractivity contribution is -0.0126. The zero-order chi connectivity index (χ0) is 27.9. The second-order valence-electron chi connectivity index (χ2n) is 14.7. The SMILES string of the molecule is C=C(/C=C\[C@H]1CC[C@@]2(C)C(=CC[C@@H]3[C@@H]2CC[C@]2(C)C(c4cccnc4)=CC[C@@H]32)C1)C1CCN(CCN(C)C)CC1. The largest absolute Gasteiger partial charge is 0.308 e. The van der Waals surface area contributed by atoms with Crippen molar-refractivity contribution in [3.8, 4) is 0 Å². The van der Waals surface area contributed by atoms with Gasteiger partial charge in [-0.25, -0.2) is 0 Å². The number of piperidine rings is 1. The fourth-order valence-corrected chi connectivity index (χ4v) is 9.65. The van der Waals surface area contributed by atoms with Gasteiger partial charge < -0.3 is 9.80 Å². The first-order chi connectivity index (χ1) is 19.3. The molecule has 0 unspecified atom stereocenters. The molecule has 0 bridgehead atoms. The molecule has 2 heterocycles. The Morgan fingerprint density at radius 2 is 1.85 bits per heavy atom. The van der Waals surface area contributed by atoms with Gasteiger partial charge in [-0.05, 0) is 143 Å². The van der Waals surface area contributed by atoms with Crippen molar-refractivity contribution >= 4 is 5.57 Å². The van der Waals surface area contributed by atoms with Crippen LogP contribution in [0.15, 0.2) is 66.6 Å². The molecule has 3 nitrogen and oxygen atoms in total. The third-order valence-electron chi connectivity index (χ3n) is 12.3. The first-order valence-electron chi connectivity index (χ1n) is 16.3. The van der Waals surface area contributed by atoms with Crippen molar-refractivity contribution in [1.82, 2.24) is 14.8 Å². The molecule has 1 aromatic heterocycles. The van der Waals surface area contributed by atoms with Gasteiger partial charge in [0, 0.05) is 25.5 Å². The molecular weight excluding hydrogens is 486 g/mol. The third-order valence-corrected chi connectivity index (χ3v) is 12.3. The minimum atomic E-state index is 0.314. The number of fused-ring (bicyclic) bond motifs is 5. The number of aromatic nitrogens is 1. The zero-order valence-corrected chi connectivity index (χ0v) is 25.7. The Balaban J connectivity index is 1.07. The van der Waals surface area contributed by atoms with Gasteiger partial charge in [0.05, 0.1) is 0 Å². The number of nitrogens with zero attached hydrogens (tertiary/aromatic N) is 3. The van der Waals surface area contributed by atoms with E-state index in [1.807, 2.05) is 6.20 Å². The van der Waals surface area contributed by atoms with E-state index < -0.39 is 0 Å². The van der Waals surface area contributed by atoms with Crippen molar-refractivity contribution in [2.45, 2.75) is 71.6 Å². The van der Waals surface area contributed by atoms with Crippen LogP contribution in [0.25, 0.3) is 5.57 Å². The van der Waals surface area contributed by atoms with Gasteiger partial charge >= 0.3 is 0 Å². The number of pyridine rings is 1. The monoisotopic (exact) mass is 539 g/mol. The molecule has 1 saturated heterocycles. The summed E-state index contributed by atoms with van der Waals surface area (Å²) in [5.74, 6) is 3.82. The molecule has 6 atom stereocenters. The predicted molar refractivity (Wildman–Crippen MR) is 169 cm³/mol. The molecule has 0 radical (unpaired) electrons. The topological polar surface area (TPSA) is 19.4 Å². The summed E-state index contributed by atoms with van der Waals surface area (Å²) in [7, 11) is 4.35. The minimum Gasteiger partial charge on any atom is -0.308 e. The maximum Gasteiger partial charge on any atom is 0.0343 e. The van der Waals surface area contributed by atoms with Gasteiger partial charge in [-0.3, -0.25) is 4.98 Å². The maximum absolute atomic E-state index is 4.54. The molecule has 1 aliphatic heterocycles. The minimum absolute atomic E-state index is 0.314. The first kappa shape index (κ1) is 28.2. The third kappa shape index (κ3) is 5.22. The van der Waals surface area contributed by atoms with Crippen molar-refractivity contribution in [3.05, 3.63) is 72.1 Å². The molecule has 40 heavy (non-hydrogen) atoms. The second-order valence-corrected chi connectivity index (χ2v) is 14.7. The fourth-order valence-electron chi connectivity index (χ4n) is 9.65. The van der Waals surface area contributed by atoms with E-state index in [4.69, 9.17) is 0 Å². The summed E-state index contributed by atoms with van der Waals surface area (Å²) in [6.07, 6.45) is 26.0. The standard InChI is InChI=1S/C37H53N3/c1-27(29-16-21-40(22-17-29)24-23-39(4)5)8-9-28-14-18-36(2)31(25-28)10-11-32-34-13-12-33(30-7-6-20-38-26-30)37(34,3)19-15-35(32)36/h6-10,12,20,26,28-29,32,34-35H,1,11,13-19,21-25H2,2-5H3/b9-8-/t28-,32-,34-,35-,36-,37+/m0/s1. The Morgan fingerprint density at radius 3 is 2.60 bits per heavy atom. The van der Waals surface area contributed by atoms with Crippen molar-refractivity contribution in [2.24, 2.45) is 40.4 Å². The molecule has 2 saturated carbocycles. The molecule has 5 aliphatic rings. The lowest BCUT2D eigenvalue weighted by atomic mass is 9.47. The molecule has 0 spiro atoms. The predicted octanol–water partition coefficient (Wildman–Crippen LogP) is 8.04. The normalized spacial score (nSPS) is 36.6. The van der Waals surface area contributed by atoms with E-state index in [-0.39, 0.29) is 0 Å². The van der Waals surface area contributed by atoms with Gasteiger partial charge in [-0.1, -0.05) is 61.9 Å². The highest BCUT2D eigenvalue weighted by Crippen LogP contribution is 2.66. The number of rotatable bonds is 7. The van der Waals surface area contributed by atoms with Crippen LogP contribution in [0.5, 0.6) is 0 Å². The summed E-state index contributed by atoms with van der Waals surface area (Å²) in [5, 5.41) is 0. The summed E-state index contributed by atoms with van der Waals surface area (Å²) >= 11 is 0. The smallest absolute Gasteiger partial charge is 0.0343 e. The van der Waals surface area contributed by atoms with Gasteiger partial charge in [0.25, 0.3) is 0 Å². The van der Waals surface area contributed by atoms with Gasteiger partial charge in [0.15, 0.2) is 0 Å². The quantitative estimate of drug-likeness (QED) is 0.258. The van der Waals surface area contributed by atoms with E-state index in [1.165, 1.54) is 88.6 Å². The molecule has 4 aliphatic carbocycles. The van der Waals surface area contributed by atoms with E-state index in [9.17, 15) is 0 Å². The molecule has 3 fully saturated rings. The summed E-state index contributed by atoms with van der Waals surface area (Å²) in [5.41, 5.74) is 6.82. The van der Waals surface area contributed by atoms with Crippen LogP contribution in [-0.2, 0) is 0 Å². The van der Waals surface area contributed by atoms with E-state index in [2.05, 4.69) is 91.9 Å². The van der Waals surface area contributed by atoms with Crippen LogP contribution < -0.4 is 0 Å². The van der Waals surface area contributed by atoms with E-state index >= 15 is 0 Å². The summed E-state index contributed by atoms with van der Waals surface area (Å²) in [6, 6.07) is 4.38. The van der Waals surface area contributed by atoms with Crippen LogP contribution in [0, 0.1) is 40.4 Å². The van der Waals surface area contributed by atoms with Crippen molar-refractivity contribution < 1.29 is 0 Å². The van der Waals surface area contributed by atoms with Crippen molar-refractivity contribution in [3.63, 3.8) is 0 Å². The van der Waals surface area contributed by atoms with Crippen LogP contribution in [0.2, 0.25) is 0 Å². The Labute approximate surface area is 244 Å². The Bertz CT molecular complexity index is 1150. The lowest BCUT2D eigenvalue weighted by Crippen LogP contribution is -2.49. The number of likely N-dealkylation sites (tertiary alicyclic amines) is 1. The van der Waals surface area contributed by atoms with E-state index in [1.54, 1.807) is 11.1 Å². The van der Waals surface area contributed by atoms with Gasteiger partial charge in [0.2, 0.25) is 0 Å². The number of likely N-dealkylation sites (N-methyl/N-ethyl adjacent to an activating group) is 1. The molecule has 6 rings (SSSR count). The van der Waals surface area contributed by atoms with Crippen molar-refractivity contribution in [1.29, 1.82) is 0 Å². The Morgan fingerprint density at radius 1 is 1.05 bits per heavy atom. The average molecular weight is 540 g/mol. The molecule has 3 heteroatoms. The Kier molecular flexibility index (Phi) is 8.00. The van der Waals surface area contributed by atoms with Gasteiger partial charge in [-0.2, -0.15) is 0 Å². The van der Waals surface area contributed by atoms with Crippen LogP contribution >= 0.6 is 0 Å². The highest BCUT2D eigenvalue weighted by Gasteiger charge is 2.56. The molecular formula is C37H53N3. The number of hydrogen-bond donors (Lipinski definition) is 0. The van der Waals surface area contributed by atoms with Gasteiger partial charge in [0.1, 0.15) is 0 Å². The zero-order valence-electron chi connectivity index (χ0n) is 25.7. The molecule has 1 aromatic rings. The average Bonchev–Trinajstić information content (AvgIpc) is 3.32. The number of hydrogen-bond acceptors (Lipinski definition) is 3.